The Hall–Kier alpha value is -1.94. The lowest BCUT2D eigenvalue weighted by Crippen LogP contribution is -2.30. The van der Waals surface area contributed by atoms with Gasteiger partial charge in [-0.25, -0.2) is 9.13 Å². The smallest absolute Gasteiger partial charge is 0.462 e. The van der Waals surface area contributed by atoms with Crippen molar-refractivity contribution < 1.29 is 80.2 Å². The van der Waals surface area contributed by atoms with Crippen molar-refractivity contribution in [3.05, 3.63) is 0 Å². The van der Waals surface area contributed by atoms with Crippen LogP contribution in [0.3, 0.4) is 0 Å². The molecule has 3 N–H and O–H groups in total. The summed E-state index contributed by atoms with van der Waals surface area (Å²) in [5.41, 5.74) is 0. The van der Waals surface area contributed by atoms with Crippen LogP contribution in [-0.2, 0) is 65.4 Å². The summed E-state index contributed by atoms with van der Waals surface area (Å²) in [6.07, 6.45) is 44.9. The largest absolute Gasteiger partial charge is 0.472 e. The lowest BCUT2D eigenvalue weighted by molar-refractivity contribution is -0.161. The molecule has 5 atom stereocenters. The van der Waals surface area contributed by atoms with E-state index in [0.29, 0.717) is 37.5 Å². The number of hydrogen-bond donors (Lipinski definition) is 3. The van der Waals surface area contributed by atoms with Gasteiger partial charge in [0.25, 0.3) is 0 Å². The molecule has 0 aliphatic heterocycles. The fraction of sp³-hybridized carbons (Fsp3) is 0.944. The van der Waals surface area contributed by atoms with E-state index in [-0.39, 0.29) is 25.7 Å². The first kappa shape index (κ1) is 89.1. The van der Waals surface area contributed by atoms with E-state index in [4.69, 9.17) is 37.0 Å². The molecular weight excluding hydrogens is 1200 g/mol. The SMILES string of the molecule is CC(C)CCCCCCCCCCCCCCCCCCCCC(=O)O[C@H](COC(=O)CCCCCCCCCCC(C)C)COP(=O)(O)OC[C@@H](O)COP(=O)(O)OC[C@@H](COC(=O)CCCCCCCCC(C)C)OC(=O)CCCCCCCCCC(C)C. The molecule has 0 saturated heterocycles. The van der Waals surface area contributed by atoms with Crippen molar-refractivity contribution in [1.29, 1.82) is 0 Å². The molecule has 0 rings (SSSR count). The molecule has 0 aliphatic rings. The van der Waals surface area contributed by atoms with Crippen LogP contribution in [0.4, 0.5) is 0 Å². The first-order valence-corrected chi connectivity index (χ1v) is 40.2. The van der Waals surface area contributed by atoms with Gasteiger partial charge < -0.3 is 33.8 Å². The van der Waals surface area contributed by atoms with Crippen molar-refractivity contribution >= 4 is 39.5 Å². The number of rotatable bonds is 69. The number of carbonyl (C=O) groups excluding carboxylic acids is 4. The predicted octanol–water partition coefficient (Wildman–Crippen LogP) is 20.5. The molecule has 0 amide bonds. The van der Waals surface area contributed by atoms with E-state index in [1.54, 1.807) is 0 Å². The van der Waals surface area contributed by atoms with Gasteiger partial charge in [-0.2, -0.15) is 0 Å². The number of unbranched alkanes of at least 4 members (excludes halogenated alkanes) is 35. The third-order valence-corrected chi connectivity index (χ3v) is 18.5. The third-order valence-electron chi connectivity index (χ3n) is 16.6. The molecule has 0 spiro atoms. The molecule has 17 nitrogen and oxygen atoms in total. The molecule has 540 valence electrons. The fourth-order valence-corrected chi connectivity index (χ4v) is 12.4. The summed E-state index contributed by atoms with van der Waals surface area (Å²) in [7, 11) is -9.90. The summed E-state index contributed by atoms with van der Waals surface area (Å²) in [4.78, 5) is 72.5. The van der Waals surface area contributed by atoms with Crippen LogP contribution in [0, 0.1) is 23.7 Å². The number of esters is 4. The highest BCUT2D eigenvalue weighted by molar-refractivity contribution is 7.47. The molecule has 91 heavy (non-hydrogen) atoms. The van der Waals surface area contributed by atoms with Crippen LogP contribution in [-0.4, -0.2) is 96.7 Å². The van der Waals surface area contributed by atoms with Crippen LogP contribution in [0.15, 0.2) is 0 Å². The number of carbonyl (C=O) groups is 4. The van der Waals surface area contributed by atoms with Crippen LogP contribution in [0.5, 0.6) is 0 Å². The van der Waals surface area contributed by atoms with Gasteiger partial charge in [-0.15, -0.1) is 0 Å². The van der Waals surface area contributed by atoms with Gasteiger partial charge in [0.05, 0.1) is 26.4 Å². The second-order valence-electron chi connectivity index (χ2n) is 27.9. The van der Waals surface area contributed by atoms with E-state index >= 15 is 0 Å². The maximum atomic E-state index is 13.0. The molecule has 0 aromatic carbocycles. The Bertz CT molecular complexity index is 1800. The Kier molecular flexibility index (Phi) is 60.3. The lowest BCUT2D eigenvalue weighted by Gasteiger charge is -2.21. The van der Waals surface area contributed by atoms with Crippen molar-refractivity contribution in [3.8, 4) is 0 Å². The van der Waals surface area contributed by atoms with Crippen LogP contribution in [0.2, 0.25) is 0 Å². The molecule has 0 radical (unpaired) electrons. The summed E-state index contributed by atoms with van der Waals surface area (Å²) in [6.45, 7) is 14.0. The van der Waals surface area contributed by atoms with E-state index in [9.17, 15) is 43.2 Å². The number of ether oxygens (including phenoxy) is 4. The quantitative estimate of drug-likeness (QED) is 0.0222. The zero-order chi connectivity index (χ0) is 67.5. The molecule has 0 bridgehead atoms. The standard InChI is InChI=1S/C72H140O17P2/c1-62(2)48-40-32-24-19-17-15-13-11-9-10-12-14-16-18-20-28-38-46-54-71(76)88-67(58-82-69(74)52-44-36-27-22-21-25-33-41-49-63(3)4)60-86-90(78,79)84-56-66(73)57-85-91(80,81)87-61-68(59-83-70(75)53-45-37-31-30-35-43-51-65(7)8)89-72(77)55-47-39-29-23-26-34-42-50-64(5)6/h62-68,73H,9-61H2,1-8H3,(H,78,79)(H,80,81)/t66-,67-,68-/m1/s1. The Balaban J connectivity index is 5.16. The average molecular weight is 1340 g/mol. The number of hydrogen-bond acceptors (Lipinski definition) is 15. The molecule has 0 fully saturated rings. The minimum atomic E-state index is -4.95. The first-order chi connectivity index (χ1) is 43.6. The van der Waals surface area contributed by atoms with Crippen LogP contribution < -0.4 is 0 Å². The normalized spacial score (nSPS) is 14.2. The highest BCUT2D eigenvalue weighted by Crippen LogP contribution is 2.45. The van der Waals surface area contributed by atoms with E-state index < -0.39 is 97.5 Å². The van der Waals surface area contributed by atoms with Crippen molar-refractivity contribution in [2.45, 2.75) is 375 Å². The van der Waals surface area contributed by atoms with E-state index in [1.165, 1.54) is 154 Å². The molecule has 0 heterocycles. The molecule has 0 aromatic rings. The van der Waals surface area contributed by atoms with E-state index in [0.717, 1.165) is 108 Å². The highest BCUT2D eigenvalue weighted by Gasteiger charge is 2.30. The Morgan fingerprint density at radius 3 is 0.681 bits per heavy atom. The Morgan fingerprint density at radius 1 is 0.275 bits per heavy atom. The first-order valence-electron chi connectivity index (χ1n) is 37.2. The van der Waals surface area contributed by atoms with Crippen molar-refractivity contribution in [2.75, 3.05) is 39.6 Å². The highest BCUT2D eigenvalue weighted by atomic mass is 31.2. The second-order valence-corrected chi connectivity index (χ2v) is 30.8. The molecule has 2 unspecified atom stereocenters. The van der Waals surface area contributed by atoms with Gasteiger partial charge >= 0.3 is 39.5 Å². The van der Waals surface area contributed by atoms with Gasteiger partial charge in [-0.05, 0) is 49.4 Å². The van der Waals surface area contributed by atoms with Crippen molar-refractivity contribution in [1.82, 2.24) is 0 Å². The summed E-state index contributed by atoms with van der Waals surface area (Å²) >= 11 is 0. The van der Waals surface area contributed by atoms with Gasteiger partial charge in [0.15, 0.2) is 12.2 Å². The molecule has 0 saturated carbocycles. The Labute approximate surface area is 556 Å². The zero-order valence-electron chi connectivity index (χ0n) is 59.5. The van der Waals surface area contributed by atoms with Crippen LogP contribution in [0.25, 0.3) is 0 Å². The minimum Gasteiger partial charge on any atom is -0.462 e. The summed E-state index contributed by atoms with van der Waals surface area (Å²) in [5, 5.41) is 10.6. The summed E-state index contributed by atoms with van der Waals surface area (Å²) in [5.74, 6) is 0.789. The van der Waals surface area contributed by atoms with Crippen LogP contribution >= 0.6 is 15.6 Å². The maximum Gasteiger partial charge on any atom is 0.472 e. The van der Waals surface area contributed by atoms with Gasteiger partial charge in [-0.1, -0.05) is 306 Å². The summed E-state index contributed by atoms with van der Waals surface area (Å²) in [6, 6.07) is 0. The number of aliphatic hydroxyl groups is 1. The molecule has 0 aliphatic carbocycles. The second kappa shape index (κ2) is 61.6. The summed E-state index contributed by atoms with van der Waals surface area (Å²) < 4.78 is 68.2. The van der Waals surface area contributed by atoms with E-state index in [1.807, 2.05) is 0 Å². The van der Waals surface area contributed by atoms with Gasteiger partial charge in [-0.3, -0.25) is 37.3 Å². The van der Waals surface area contributed by atoms with Crippen LogP contribution in [0.1, 0.15) is 357 Å². The third kappa shape index (κ3) is 66.5. The van der Waals surface area contributed by atoms with Crippen molar-refractivity contribution in [2.24, 2.45) is 23.7 Å². The van der Waals surface area contributed by atoms with Gasteiger partial charge in [0, 0.05) is 25.7 Å². The maximum absolute atomic E-state index is 13.0. The minimum absolute atomic E-state index is 0.102. The number of aliphatic hydroxyl groups excluding tert-OH is 1. The Morgan fingerprint density at radius 2 is 0.462 bits per heavy atom. The lowest BCUT2D eigenvalue weighted by atomic mass is 10.0. The molecule has 19 heteroatoms. The molecular formula is C72H140O17P2. The topological polar surface area (TPSA) is 237 Å². The van der Waals surface area contributed by atoms with Crippen molar-refractivity contribution in [3.63, 3.8) is 0 Å². The fourth-order valence-electron chi connectivity index (χ4n) is 10.8. The van der Waals surface area contributed by atoms with Gasteiger partial charge in [0.2, 0.25) is 0 Å². The molecule has 0 aromatic heterocycles. The number of phosphoric acid groups is 2. The average Bonchev–Trinajstić information content (AvgIpc) is 3.28. The van der Waals surface area contributed by atoms with Gasteiger partial charge in [0.1, 0.15) is 19.3 Å². The van der Waals surface area contributed by atoms with E-state index in [2.05, 4.69) is 55.4 Å². The monoisotopic (exact) mass is 1340 g/mol. The zero-order valence-corrected chi connectivity index (χ0v) is 61.3. The predicted molar refractivity (Wildman–Crippen MR) is 367 cm³/mol. The number of phosphoric ester groups is 2.